The van der Waals surface area contributed by atoms with E-state index in [1.807, 2.05) is 56.6 Å². The summed E-state index contributed by atoms with van der Waals surface area (Å²) in [7, 11) is 4.00. The van der Waals surface area contributed by atoms with Gasteiger partial charge in [-0.3, -0.25) is 4.79 Å². The van der Waals surface area contributed by atoms with Crippen molar-refractivity contribution in [3.05, 3.63) is 75.8 Å². The van der Waals surface area contributed by atoms with E-state index in [-0.39, 0.29) is 11.7 Å². The third-order valence-electron chi connectivity index (χ3n) is 4.99. The number of rotatable bonds is 6. The molecule has 0 heterocycles. The zero-order chi connectivity index (χ0) is 21.5. The van der Waals surface area contributed by atoms with Crippen molar-refractivity contribution in [2.45, 2.75) is 19.3 Å². The predicted octanol–water partition coefficient (Wildman–Crippen LogP) is 5.38. The van der Waals surface area contributed by atoms with Crippen LogP contribution in [-0.2, 0) is 9.59 Å². The second kappa shape index (κ2) is 10.5. The number of benzene rings is 2. The van der Waals surface area contributed by atoms with Crippen LogP contribution in [0.2, 0.25) is 0 Å². The van der Waals surface area contributed by atoms with Gasteiger partial charge in [0.2, 0.25) is 0 Å². The molecule has 1 aliphatic rings. The third kappa shape index (κ3) is 6.51. The average Bonchev–Trinajstić information content (AvgIpc) is 2.72. The summed E-state index contributed by atoms with van der Waals surface area (Å²) in [5.74, 6) is 0.377. The molecule has 0 spiro atoms. The molecule has 1 saturated carbocycles. The number of allylic oxidation sites excluding steroid dienone is 1. The summed E-state index contributed by atoms with van der Waals surface area (Å²) in [5.41, 5.74) is 2.74. The molecule has 1 unspecified atom stereocenters. The van der Waals surface area contributed by atoms with Crippen molar-refractivity contribution in [1.82, 2.24) is 4.90 Å². The van der Waals surface area contributed by atoms with Gasteiger partial charge in [-0.25, -0.2) is 4.79 Å². The minimum atomic E-state index is -0.432. The van der Waals surface area contributed by atoms with Crippen molar-refractivity contribution in [1.29, 1.82) is 0 Å². The van der Waals surface area contributed by atoms with Crippen molar-refractivity contribution in [3.8, 4) is 5.75 Å². The number of carbonyl (C=O) groups excluding carboxylic acids is 2. The Morgan fingerprint density at radius 1 is 1.10 bits per heavy atom. The minimum Gasteiger partial charge on any atom is -0.423 e. The molecule has 1 atom stereocenters. The number of ether oxygens (including phenoxy) is 1. The summed E-state index contributed by atoms with van der Waals surface area (Å²) >= 11 is 3.38. The molecule has 0 aromatic heterocycles. The lowest BCUT2D eigenvalue weighted by Gasteiger charge is -2.25. The van der Waals surface area contributed by atoms with Gasteiger partial charge in [0, 0.05) is 23.0 Å². The third-order valence-corrected chi connectivity index (χ3v) is 5.52. The van der Waals surface area contributed by atoms with Crippen LogP contribution in [0.3, 0.4) is 0 Å². The van der Waals surface area contributed by atoms with Gasteiger partial charge in [0.05, 0.1) is 0 Å². The topological polar surface area (TPSA) is 46.6 Å². The summed E-state index contributed by atoms with van der Waals surface area (Å²) < 4.78 is 6.35. The molecular weight excluding hydrogens is 442 g/mol. The van der Waals surface area contributed by atoms with E-state index in [1.165, 1.54) is 6.08 Å². The molecule has 1 fully saturated rings. The lowest BCUT2D eigenvalue weighted by Crippen LogP contribution is -2.31. The van der Waals surface area contributed by atoms with E-state index in [9.17, 15) is 9.59 Å². The van der Waals surface area contributed by atoms with E-state index >= 15 is 0 Å². The molecule has 0 aliphatic heterocycles. The second-order valence-electron chi connectivity index (χ2n) is 7.76. The molecule has 4 nitrogen and oxygen atoms in total. The lowest BCUT2D eigenvalue weighted by atomic mass is 9.83. The van der Waals surface area contributed by atoms with E-state index in [2.05, 4.69) is 20.8 Å². The van der Waals surface area contributed by atoms with Crippen molar-refractivity contribution in [2.75, 3.05) is 20.6 Å². The number of esters is 1. The van der Waals surface area contributed by atoms with Gasteiger partial charge >= 0.3 is 5.97 Å². The van der Waals surface area contributed by atoms with Crippen LogP contribution in [0.15, 0.2) is 64.7 Å². The SMILES string of the molecule is CN(C)CC1CCC/C(=C\c2ccc(OC(=O)/C=C/c3ccc(Br)cc3)cc2)C1=O. The fourth-order valence-corrected chi connectivity index (χ4v) is 3.80. The highest BCUT2D eigenvalue weighted by Crippen LogP contribution is 2.27. The van der Waals surface area contributed by atoms with Crippen LogP contribution in [0, 0.1) is 5.92 Å². The molecule has 30 heavy (non-hydrogen) atoms. The highest BCUT2D eigenvalue weighted by Gasteiger charge is 2.26. The van der Waals surface area contributed by atoms with Gasteiger partial charge in [0.1, 0.15) is 5.75 Å². The van der Waals surface area contributed by atoms with Gasteiger partial charge < -0.3 is 9.64 Å². The Morgan fingerprint density at radius 3 is 2.43 bits per heavy atom. The number of carbonyl (C=O) groups is 2. The number of hydrogen-bond acceptors (Lipinski definition) is 4. The number of Topliss-reactive ketones (excluding diaryl/α,β-unsaturated/α-hetero) is 1. The maximum absolute atomic E-state index is 12.7. The zero-order valence-electron chi connectivity index (χ0n) is 17.3. The first-order valence-electron chi connectivity index (χ1n) is 10.1. The highest BCUT2D eigenvalue weighted by molar-refractivity contribution is 9.10. The summed E-state index contributed by atoms with van der Waals surface area (Å²) in [6.07, 6.45) is 7.90. The van der Waals surface area contributed by atoms with Gasteiger partial charge in [-0.2, -0.15) is 0 Å². The van der Waals surface area contributed by atoms with Gasteiger partial charge in [-0.05, 0) is 86.5 Å². The van der Waals surface area contributed by atoms with Gasteiger partial charge in [-0.15, -0.1) is 0 Å². The highest BCUT2D eigenvalue weighted by atomic mass is 79.9. The molecule has 0 saturated heterocycles. The van der Waals surface area contributed by atoms with Gasteiger partial charge in [-0.1, -0.05) is 40.2 Å². The van der Waals surface area contributed by atoms with Crippen LogP contribution >= 0.6 is 15.9 Å². The maximum atomic E-state index is 12.7. The van der Waals surface area contributed by atoms with E-state index in [0.717, 1.165) is 47.0 Å². The molecule has 2 aromatic rings. The van der Waals surface area contributed by atoms with Gasteiger partial charge in [0.25, 0.3) is 0 Å². The first kappa shape index (κ1) is 22.2. The average molecular weight is 468 g/mol. The first-order valence-corrected chi connectivity index (χ1v) is 10.8. The first-order chi connectivity index (χ1) is 14.4. The quantitative estimate of drug-likeness (QED) is 0.324. The standard InChI is InChI=1S/C25H26BrNO3/c1-27(2)17-21-5-3-4-20(25(21)29)16-19-8-13-23(14-9-19)30-24(28)15-10-18-6-11-22(26)12-7-18/h6-16,21H,3-5,17H2,1-2H3/b15-10+,20-16+. The van der Waals surface area contributed by atoms with Crippen LogP contribution in [0.25, 0.3) is 12.2 Å². The van der Waals surface area contributed by atoms with Crippen LogP contribution in [0.5, 0.6) is 5.75 Å². The Morgan fingerprint density at radius 2 is 1.77 bits per heavy atom. The fraction of sp³-hybridized carbons (Fsp3) is 0.280. The largest absolute Gasteiger partial charge is 0.423 e. The van der Waals surface area contributed by atoms with E-state index in [1.54, 1.807) is 18.2 Å². The second-order valence-corrected chi connectivity index (χ2v) is 8.68. The molecule has 5 heteroatoms. The molecule has 0 N–H and O–H groups in total. The lowest BCUT2D eigenvalue weighted by molar-refractivity contribution is -0.129. The molecule has 0 radical (unpaired) electrons. The molecule has 0 amide bonds. The minimum absolute atomic E-state index is 0.0812. The number of halogens is 1. The summed E-state index contributed by atoms with van der Waals surface area (Å²) in [6.45, 7) is 0.791. The molecule has 1 aliphatic carbocycles. The Balaban J connectivity index is 1.60. The van der Waals surface area contributed by atoms with E-state index in [0.29, 0.717) is 5.75 Å². The maximum Gasteiger partial charge on any atom is 0.336 e. The van der Waals surface area contributed by atoms with Crippen molar-refractivity contribution in [2.24, 2.45) is 5.92 Å². The number of ketones is 1. The Bertz CT molecular complexity index is 943. The molecule has 0 bridgehead atoms. The van der Waals surface area contributed by atoms with E-state index in [4.69, 9.17) is 4.74 Å². The molecule has 156 valence electrons. The Labute approximate surface area is 186 Å². The van der Waals surface area contributed by atoms with Gasteiger partial charge in [0.15, 0.2) is 5.78 Å². The van der Waals surface area contributed by atoms with Crippen LogP contribution in [0.1, 0.15) is 30.4 Å². The molecular formula is C25H26BrNO3. The smallest absolute Gasteiger partial charge is 0.336 e. The van der Waals surface area contributed by atoms with E-state index < -0.39 is 5.97 Å². The Kier molecular flexibility index (Phi) is 7.77. The Hall–Kier alpha value is -2.50. The van der Waals surface area contributed by atoms with Crippen LogP contribution < -0.4 is 4.74 Å². The molecule has 3 rings (SSSR count). The van der Waals surface area contributed by atoms with Crippen LogP contribution in [-0.4, -0.2) is 37.3 Å². The van der Waals surface area contributed by atoms with Crippen molar-refractivity contribution < 1.29 is 14.3 Å². The van der Waals surface area contributed by atoms with Crippen LogP contribution in [0.4, 0.5) is 0 Å². The zero-order valence-corrected chi connectivity index (χ0v) is 18.9. The van der Waals surface area contributed by atoms with Crippen molar-refractivity contribution in [3.63, 3.8) is 0 Å². The number of hydrogen-bond donors (Lipinski definition) is 0. The normalized spacial score (nSPS) is 18.3. The summed E-state index contributed by atoms with van der Waals surface area (Å²) in [4.78, 5) is 26.8. The summed E-state index contributed by atoms with van der Waals surface area (Å²) in [5, 5.41) is 0. The summed E-state index contributed by atoms with van der Waals surface area (Å²) in [6, 6.07) is 14.9. The monoisotopic (exact) mass is 467 g/mol. The number of nitrogens with zero attached hydrogens (tertiary/aromatic N) is 1. The van der Waals surface area contributed by atoms with Crippen molar-refractivity contribution >= 4 is 39.8 Å². The fourth-order valence-electron chi connectivity index (χ4n) is 3.54. The predicted molar refractivity (Wildman–Crippen MR) is 124 cm³/mol. The molecule has 2 aromatic carbocycles.